The Balaban J connectivity index is 2.01. The van der Waals surface area contributed by atoms with E-state index in [4.69, 9.17) is 16.3 Å². The first-order chi connectivity index (χ1) is 13.7. The molecule has 0 amide bonds. The minimum atomic E-state index is -0.446. The van der Waals surface area contributed by atoms with Crippen LogP contribution < -0.4 is 10.5 Å². The molecule has 5 nitrogen and oxygen atoms in total. The summed E-state index contributed by atoms with van der Waals surface area (Å²) < 4.78 is 22.1. The minimum absolute atomic E-state index is 0.155. The van der Waals surface area contributed by atoms with Crippen LogP contribution in [0, 0.1) is 12.7 Å². The molecule has 0 saturated carbocycles. The third-order valence-electron chi connectivity index (χ3n) is 5.40. The average molecular weight is 416 g/mol. The van der Waals surface area contributed by atoms with Crippen molar-refractivity contribution in [2.24, 2.45) is 7.05 Å². The van der Waals surface area contributed by atoms with E-state index in [0.717, 1.165) is 5.69 Å². The van der Waals surface area contributed by atoms with Crippen LogP contribution in [0.3, 0.4) is 0 Å². The maximum atomic E-state index is 14.8. The summed E-state index contributed by atoms with van der Waals surface area (Å²) in [5, 5.41) is 0.783. The van der Waals surface area contributed by atoms with E-state index in [-0.39, 0.29) is 11.2 Å². The van der Waals surface area contributed by atoms with Gasteiger partial charge < -0.3 is 9.64 Å². The van der Waals surface area contributed by atoms with Gasteiger partial charge in [-0.1, -0.05) is 11.6 Å². The summed E-state index contributed by atoms with van der Waals surface area (Å²) in [6.07, 6.45) is 0. The van der Waals surface area contributed by atoms with Crippen LogP contribution >= 0.6 is 11.6 Å². The zero-order valence-corrected chi connectivity index (χ0v) is 17.7. The van der Waals surface area contributed by atoms with Crippen molar-refractivity contribution in [2.45, 2.75) is 26.4 Å². The van der Waals surface area contributed by atoms with Crippen molar-refractivity contribution < 1.29 is 9.13 Å². The van der Waals surface area contributed by atoms with Gasteiger partial charge in [-0.15, -0.1) is 0 Å². The summed E-state index contributed by atoms with van der Waals surface area (Å²) in [5.41, 5.74) is 1.82. The predicted molar refractivity (Wildman–Crippen MR) is 114 cm³/mol. The predicted octanol–water partition coefficient (Wildman–Crippen LogP) is 4.32. The van der Waals surface area contributed by atoms with Gasteiger partial charge in [0.05, 0.1) is 23.1 Å². The number of halogens is 2. The van der Waals surface area contributed by atoms with Gasteiger partial charge in [-0.05, 0) is 51.1 Å². The molecule has 2 aromatic carbocycles. The van der Waals surface area contributed by atoms with E-state index in [2.05, 4.69) is 9.88 Å². The molecule has 7 heteroatoms. The number of hydrogen-bond acceptors (Lipinski definition) is 4. The summed E-state index contributed by atoms with van der Waals surface area (Å²) in [6, 6.07) is 8.31. The third kappa shape index (κ3) is 3.63. The van der Waals surface area contributed by atoms with E-state index in [1.165, 1.54) is 10.6 Å². The van der Waals surface area contributed by atoms with Crippen LogP contribution in [0.15, 0.2) is 35.1 Å². The molecule has 1 saturated heterocycles. The monoisotopic (exact) mass is 415 g/mol. The molecular weight excluding hydrogens is 393 g/mol. The molecule has 29 heavy (non-hydrogen) atoms. The van der Waals surface area contributed by atoms with Crippen LogP contribution in [0.2, 0.25) is 5.02 Å². The first-order valence-electron chi connectivity index (χ1n) is 9.52. The van der Waals surface area contributed by atoms with Gasteiger partial charge >= 0.3 is 0 Å². The first-order valence-corrected chi connectivity index (χ1v) is 9.90. The van der Waals surface area contributed by atoms with E-state index < -0.39 is 5.82 Å². The van der Waals surface area contributed by atoms with Crippen LogP contribution in [0.25, 0.3) is 22.0 Å². The van der Waals surface area contributed by atoms with Crippen molar-refractivity contribution in [3.63, 3.8) is 0 Å². The van der Waals surface area contributed by atoms with Crippen molar-refractivity contribution in [3.8, 4) is 11.1 Å². The maximum absolute atomic E-state index is 14.8. The normalized spacial score (nSPS) is 16.4. The molecule has 1 aromatic heterocycles. The molecule has 1 aliphatic heterocycles. The SMILES string of the molecule is Cc1nc2c(-c3ccc(Cl)cc3F)cc(N3CCOC(C)(C)C3)cc2c(=O)n1C. The van der Waals surface area contributed by atoms with Crippen LogP contribution in [-0.4, -0.2) is 34.8 Å². The quantitative estimate of drug-likeness (QED) is 0.625. The highest BCUT2D eigenvalue weighted by atomic mass is 35.5. The molecular formula is C22H23ClFN3O2. The Hall–Kier alpha value is -2.44. The topological polar surface area (TPSA) is 47.4 Å². The lowest BCUT2D eigenvalue weighted by molar-refractivity contribution is -0.0276. The molecule has 152 valence electrons. The number of benzene rings is 2. The molecule has 0 unspecified atom stereocenters. The highest BCUT2D eigenvalue weighted by molar-refractivity contribution is 6.30. The summed E-state index contributed by atoms with van der Waals surface area (Å²) in [6.45, 7) is 7.77. The molecule has 2 heterocycles. The number of hydrogen-bond donors (Lipinski definition) is 0. The number of rotatable bonds is 2. The number of anilines is 1. The van der Waals surface area contributed by atoms with E-state index in [0.29, 0.717) is 52.6 Å². The molecule has 0 spiro atoms. The lowest BCUT2D eigenvalue weighted by atomic mass is 9.99. The Morgan fingerprint density at radius 3 is 2.66 bits per heavy atom. The average Bonchev–Trinajstić information content (AvgIpc) is 2.65. The molecule has 0 radical (unpaired) electrons. The summed E-state index contributed by atoms with van der Waals surface area (Å²) in [5.74, 6) is 0.122. The van der Waals surface area contributed by atoms with Gasteiger partial charge in [-0.25, -0.2) is 9.37 Å². The van der Waals surface area contributed by atoms with Crippen molar-refractivity contribution in [1.29, 1.82) is 0 Å². The Labute approximate surface area is 173 Å². The molecule has 0 aliphatic carbocycles. The second-order valence-electron chi connectivity index (χ2n) is 8.07. The van der Waals surface area contributed by atoms with Gasteiger partial charge in [0.15, 0.2) is 0 Å². The molecule has 1 fully saturated rings. The molecule has 4 rings (SSSR count). The smallest absolute Gasteiger partial charge is 0.261 e. The minimum Gasteiger partial charge on any atom is -0.372 e. The molecule has 0 bridgehead atoms. The maximum Gasteiger partial charge on any atom is 0.261 e. The number of aromatic nitrogens is 2. The van der Waals surface area contributed by atoms with Gasteiger partial charge in [0.2, 0.25) is 0 Å². The highest BCUT2D eigenvalue weighted by Gasteiger charge is 2.28. The van der Waals surface area contributed by atoms with Gasteiger partial charge in [0, 0.05) is 42.0 Å². The van der Waals surface area contributed by atoms with Gasteiger partial charge in [-0.2, -0.15) is 0 Å². The molecule has 1 aliphatic rings. The Morgan fingerprint density at radius 1 is 1.21 bits per heavy atom. The van der Waals surface area contributed by atoms with Crippen LogP contribution in [0.5, 0.6) is 0 Å². The third-order valence-corrected chi connectivity index (χ3v) is 5.64. The van der Waals surface area contributed by atoms with Crippen molar-refractivity contribution in [3.05, 3.63) is 57.3 Å². The summed E-state index contributed by atoms with van der Waals surface area (Å²) in [4.78, 5) is 19.8. The van der Waals surface area contributed by atoms with Crippen LogP contribution in [-0.2, 0) is 11.8 Å². The zero-order valence-electron chi connectivity index (χ0n) is 16.9. The summed E-state index contributed by atoms with van der Waals surface area (Å²) >= 11 is 5.95. The number of fused-ring (bicyclic) bond motifs is 1. The van der Waals surface area contributed by atoms with Crippen LogP contribution in [0.1, 0.15) is 19.7 Å². The largest absolute Gasteiger partial charge is 0.372 e. The zero-order chi connectivity index (χ0) is 20.9. The van der Waals surface area contributed by atoms with Gasteiger partial charge in [-0.3, -0.25) is 9.36 Å². The number of ether oxygens (including phenoxy) is 1. The summed E-state index contributed by atoms with van der Waals surface area (Å²) in [7, 11) is 1.69. The van der Waals surface area contributed by atoms with Crippen LogP contribution in [0.4, 0.5) is 10.1 Å². The first kappa shape index (κ1) is 19.9. The van der Waals surface area contributed by atoms with Crippen molar-refractivity contribution >= 4 is 28.2 Å². The Kier molecular flexibility index (Phi) is 4.87. The van der Waals surface area contributed by atoms with Gasteiger partial charge in [0.1, 0.15) is 11.6 Å². The molecule has 3 aromatic rings. The van der Waals surface area contributed by atoms with Crippen molar-refractivity contribution in [2.75, 3.05) is 24.6 Å². The second-order valence-corrected chi connectivity index (χ2v) is 8.50. The lowest BCUT2D eigenvalue weighted by Gasteiger charge is -2.39. The fraction of sp³-hybridized carbons (Fsp3) is 0.364. The Morgan fingerprint density at radius 2 is 1.97 bits per heavy atom. The standard InChI is InChI=1S/C22H23ClFN3O2/c1-13-25-20-17(16-6-5-14(23)9-19(16)24)10-15(11-18(20)21(28)26(13)4)27-7-8-29-22(2,3)12-27/h5-6,9-11H,7-8,12H2,1-4H3. The molecule has 0 atom stereocenters. The second kappa shape index (κ2) is 7.11. The van der Waals surface area contributed by atoms with E-state index in [1.807, 2.05) is 26.0 Å². The number of nitrogens with zero attached hydrogens (tertiary/aromatic N) is 3. The van der Waals surface area contributed by atoms with E-state index >= 15 is 0 Å². The van der Waals surface area contributed by atoms with E-state index in [1.54, 1.807) is 26.1 Å². The molecule has 0 N–H and O–H groups in total. The fourth-order valence-corrected chi connectivity index (χ4v) is 3.96. The van der Waals surface area contributed by atoms with E-state index in [9.17, 15) is 9.18 Å². The highest BCUT2D eigenvalue weighted by Crippen LogP contribution is 2.35. The van der Waals surface area contributed by atoms with Crippen molar-refractivity contribution in [1.82, 2.24) is 9.55 Å². The Bertz CT molecular complexity index is 1170. The van der Waals surface area contributed by atoms with Gasteiger partial charge in [0.25, 0.3) is 5.56 Å². The number of morpholine rings is 1. The fourth-order valence-electron chi connectivity index (χ4n) is 3.80. The lowest BCUT2D eigenvalue weighted by Crippen LogP contribution is -2.48. The number of aryl methyl sites for hydroxylation is 1.